The van der Waals surface area contributed by atoms with Gasteiger partial charge in [-0.1, -0.05) is 69.8 Å². The molecule has 0 aromatic heterocycles. The molecule has 1 N–H and O–H groups in total. The fourth-order valence-electron chi connectivity index (χ4n) is 1.74. The Bertz CT molecular complexity index is 243. The van der Waals surface area contributed by atoms with Gasteiger partial charge < -0.3 is 5.32 Å². The molecule has 0 spiro atoms. The minimum atomic E-state index is 0.0201. The van der Waals surface area contributed by atoms with Crippen LogP contribution >= 0.6 is 0 Å². The van der Waals surface area contributed by atoms with E-state index in [1.165, 1.54) is 51.9 Å². The molecule has 0 aliphatic heterocycles. The predicted molar refractivity (Wildman–Crippen MR) is 79.6 cm³/mol. The largest absolute Gasteiger partial charge is 0.353 e. The number of nitrogens with one attached hydrogen (secondary N) is 1. The van der Waals surface area contributed by atoms with Gasteiger partial charge in [-0.25, -0.2) is 0 Å². The normalized spacial score (nSPS) is 11.4. The summed E-state index contributed by atoms with van der Waals surface area (Å²) in [6, 6.07) is 0. The number of rotatable bonds is 11. The third-order valence-electron chi connectivity index (χ3n) is 2.83. The molecule has 0 atom stereocenters. The van der Waals surface area contributed by atoms with E-state index in [-0.39, 0.29) is 5.91 Å². The van der Waals surface area contributed by atoms with Crippen LogP contribution in [0.5, 0.6) is 0 Å². The van der Waals surface area contributed by atoms with Gasteiger partial charge in [0.05, 0.1) is 0 Å². The Hall–Kier alpha value is -1.05. The fraction of sp³-hybridized carbons (Fsp3) is 0.688. The van der Waals surface area contributed by atoms with Crippen molar-refractivity contribution in [2.24, 2.45) is 0 Å². The zero-order valence-electron chi connectivity index (χ0n) is 12.1. The van der Waals surface area contributed by atoms with E-state index >= 15 is 0 Å². The SMILES string of the molecule is CCCCCCCCC/C=C/C=C/CNC(C)=O. The molecule has 0 heterocycles. The second-order valence-corrected chi connectivity index (χ2v) is 4.70. The van der Waals surface area contributed by atoms with Crippen molar-refractivity contribution < 1.29 is 4.79 Å². The Morgan fingerprint density at radius 2 is 1.56 bits per heavy atom. The molecule has 0 saturated carbocycles. The molecule has 18 heavy (non-hydrogen) atoms. The lowest BCUT2D eigenvalue weighted by Gasteiger charge is -1.98. The molecule has 0 fully saturated rings. The topological polar surface area (TPSA) is 29.1 Å². The second-order valence-electron chi connectivity index (χ2n) is 4.70. The summed E-state index contributed by atoms with van der Waals surface area (Å²) in [4.78, 5) is 10.6. The summed E-state index contributed by atoms with van der Waals surface area (Å²) in [5, 5.41) is 2.72. The zero-order valence-corrected chi connectivity index (χ0v) is 12.1. The second kappa shape index (κ2) is 14.0. The van der Waals surface area contributed by atoms with Crippen LogP contribution in [-0.4, -0.2) is 12.5 Å². The summed E-state index contributed by atoms with van der Waals surface area (Å²) >= 11 is 0. The van der Waals surface area contributed by atoms with Crippen molar-refractivity contribution in [2.45, 2.75) is 65.2 Å². The maximum absolute atomic E-state index is 10.6. The summed E-state index contributed by atoms with van der Waals surface area (Å²) in [6.45, 7) is 4.41. The van der Waals surface area contributed by atoms with Gasteiger partial charge in [0, 0.05) is 13.5 Å². The number of carbonyl (C=O) groups excluding carboxylic acids is 1. The van der Waals surface area contributed by atoms with Gasteiger partial charge in [0.2, 0.25) is 5.91 Å². The molecular formula is C16H29NO. The number of amides is 1. The monoisotopic (exact) mass is 251 g/mol. The molecule has 0 radical (unpaired) electrons. The molecule has 0 aliphatic rings. The van der Waals surface area contributed by atoms with Crippen LogP contribution in [0.2, 0.25) is 0 Å². The maximum Gasteiger partial charge on any atom is 0.217 e. The Balaban J connectivity index is 3.20. The number of carbonyl (C=O) groups is 1. The molecule has 0 saturated heterocycles. The van der Waals surface area contributed by atoms with Crippen molar-refractivity contribution in [2.75, 3.05) is 6.54 Å². The Morgan fingerprint density at radius 1 is 0.944 bits per heavy atom. The van der Waals surface area contributed by atoms with E-state index in [0.29, 0.717) is 6.54 Å². The molecule has 0 aromatic rings. The van der Waals surface area contributed by atoms with Gasteiger partial charge >= 0.3 is 0 Å². The zero-order chi connectivity index (χ0) is 13.5. The Labute approximate surface area is 113 Å². The molecule has 104 valence electrons. The molecule has 0 bridgehead atoms. The smallest absolute Gasteiger partial charge is 0.217 e. The summed E-state index contributed by atoms with van der Waals surface area (Å²) in [7, 11) is 0. The average molecular weight is 251 g/mol. The van der Waals surface area contributed by atoms with Crippen LogP contribution < -0.4 is 5.32 Å². The standard InChI is InChI=1S/C16H29NO/c1-3-4-5-6-7-8-9-10-11-12-13-14-15-17-16(2)18/h11-14H,3-10,15H2,1-2H3,(H,17,18)/b12-11+,14-13+. The number of allylic oxidation sites excluding steroid dienone is 3. The third kappa shape index (κ3) is 14.9. The predicted octanol–water partition coefficient (Wildman–Crippen LogP) is 4.38. The number of hydrogen-bond donors (Lipinski definition) is 1. The van der Waals surface area contributed by atoms with E-state index in [0.717, 1.165) is 6.42 Å². The summed E-state index contributed by atoms with van der Waals surface area (Å²) in [5.74, 6) is 0.0201. The first-order valence-corrected chi connectivity index (χ1v) is 7.33. The molecule has 0 aromatic carbocycles. The molecule has 1 amide bonds. The van der Waals surface area contributed by atoms with E-state index in [2.05, 4.69) is 24.4 Å². The van der Waals surface area contributed by atoms with Crippen molar-refractivity contribution in [3.63, 3.8) is 0 Å². The van der Waals surface area contributed by atoms with E-state index in [1.807, 2.05) is 12.2 Å². The lowest BCUT2D eigenvalue weighted by molar-refractivity contribution is -0.118. The van der Waals surface area contributed by atoms with Gasteiger partial charge in [-0.3, -0.25) is 4.79 Å². The first-order valence-electron chi connectivity index (χ1n) is 7.33. The van der Waals surface area contributed by atoms with Gasteiger partial charge in [-0.2, -0.15) is 0 Å². The lowest BCUT2D eigenvalue weighted by Crippen LogP contribution is -2.19. The van der Waals surface area contributed by atoms with Crippen LogP contribution in [-0.2, 0) is 4.79 Å². The maximum atomic E-state index is 10.6. The van der Waals surface area contributed by atoms with Gasteiger partial charge in [-0.05, 0) is 12.8 Å². The highest BCUT2D eigenvalue weighted by Crippen LogP contribution is 2.08. The molecule has 0 rings (SSSR count). The molecule has 0 unspecified atom stereocenters. The minimum Gasteiger partial charge on any atom is -0.353 e. The van der Waals surface area contributed by atoms with Crippen molar-refractivity contribution in [1.82, 2.24) is 5.32 Å². The molecule has 0 aliphatic carbocycles. The van der Waals surface area contributed by atoms with E-state index in [4.69, 9.17) is 0 Å². The third-order valence-corrected chi connectivity index (χ3v) is 2.83. The van der Waals surface area contributed by atoms with Crippen LogP contribution in [0.15, 0.2) is 24.3 Å². The molecular weight excluding hydrogens is 222 g/mol. The van der Waals surface area contributed by atoms with Gasteiger partial charge in [0.15, 0.2) is 0 Å². The number of hydrogen-bond acceptors (Lipinski definition) is 1. The Morgan fingerprint density at radius 3 is 2.22 bits per heavy atom. The van der Waals surface area contributed by atoms with Crippen molar-refractivity contribution in [1.29, 1.82) is 0 Å². The van der Waals surface area contributed by atoms with Gasteiger partial charge in [0.25, 0.3) is 0 Å². The number of unbranched alkanes of at least 4 members (excludes halogenated alkanes) is 7. The molecule has 2 heteroatoms. The Kier molecular flexibility index (Phi) is 13.2. The summed E-state index contributed by atoms with van der Waals surface area (Å²) < 4.78 is 0. The fourth-order valence-corrected chi connectivity index (χ4v) is 1.74. The average Bonchev–Trinajstić information content (AvgIpc) is 2.34. The molecule has 2 nitrogen and oxygen atoms in total. The highest BCUT2D eigenvalue weighted by Gasteiger charge is 1.88. The lowest BCUT2D eigenvalue weighted by atomic mass is 10.1. The van der Waals surface area contributed by atoms with Crippen LogP contribution in [0, 0.1) is 0 Å². The van der Waals surface area contributed by atoms with E-state index in [1.54, 1.807) is 0 Å². The van der Waals surface area contributed by atoms with Crippen LogP contribution in [0.1, 0.15) is 65.2 Å². The van der Waals surface area contributed by atoms with E-state index < -0.39 is 0 Å². The quantitative estimate of drug-likeness (QED) is 0.428. The van der Waals surface area contributed by atoms with Crippen molar-refractivity contribution >= 4 is 5.91 Å². The minimum absolute atomic E-state index is 0.0201. The van der Waals surface area contributed by atoms with Crippen LogP contribution in [0.25, 0.3) is 0 Å². The van der Waals surface area contributed by atoms with Crippen LogP contribution in [0.4, 0.5) is 0 Å². The van der Waals surface area contributed by atoms with Crippen molar-refractivity contribution in [3.05, 3.63) is 24.3 Å². The van der Waals surface area contributed by atoms with Crippen LogP contribution in [0.3, 0.4) is 0 Å². The first kappa shape index (κ1) is 16.9. The highest BCUT2D eigenvalue weighted by atomic mass is 16.1. The highest BCUT2D eigenvalue weighted by molar-refractivity contribution is 5.72. The first-order chi connectivity index (χ1) is 8.77. The summed E-state index contributed by atoms with van der Waals surface area (Å²) in [5.41, 5.74) is 0. The summed E-state index contributed by atoms with van der Waals surface area (Å²) in [6.07, 6.45) is 18.9. The van der Waals surface area contributed by atoms with Crippen molar-refractivity contribution in [3.8, 4) is 0 Å². The van der Waals surface area contributed by atoms with Gasteiger partial charge in [0.1, 0.15) is 0 Å². The van der Waals surface area contributed by atoms with E-state index in [9.17, 15) is 4.79 Å². The van der Waals surface area contributed by atoms with Gasteiger partial charge in [-0.15, -0.1) is 0 Å².